The van der Waals surface area contributed by atoms with E-state index in [4.69, 9.17) is 5.14 Å². The second-order valence-corrected chi connectivity index (χ2v) is 6.09. The normalized spacial score (nSPS) is 20.6. The van der Waals surface area contributed by atoms with Gasteiger partial charge in [-0.3, -0.25) is 4.79 Å². The summed E-state index contributed by atoms with van der Waals surface area (Å²) in [6.07, 6.45) is 2.09. The van der Waals surface area contributed by atoms with Crippen molar-refractivity contribution in [1.29, 1.82) is 0 Å². The quantitative estimate of drug-likeness (QED) is 0.723. The van der Waals surface area contributed by atoms with Gasteiger partial charge in [-0.15, -0.1) is 0 Å². The lowest BCUT2D eigenvalue weighted by Gasteiger charge is -2.16. The predicted octanol–water partition coefficient (Wildman–Crippen LogP) is 0.0875. The van der Waals surface area contributed by atoms with Crippen LogP contribution in [0.1, 0.15) is 13.3 Å². The van der Waals surface area contributed by atoms with E-state index in [2.05, 4.69) is 4.99 Å². The third kappa shape index (κ3) is 3.62. The number of amides is 1. The molecule has 0 aromatic rings. The number of amidine groups is 1. The Morgan fingerprint density at radius 1 is 1.62 bits per heavy atom. The number of nitrogens with two attached hydrogens (primary N) is 1. The van der Waals surface area contributed by atoms with Crippen LogP contribution in [-0.2, 0) is 14.8 Å². The van der Waals surface area contributed by atoms with Crippen molar-refractivity contribution in [2.24, 2.45) is 10.1 Å². The molecule has 1 amide bonds. The van der Waals surface area contributed by atoms with Gasteiger partial charge >= 0.3 is 0 Å². The molecule has 8 heteroatoms. The fourth-order valence-corrected chi connectivity index (χ4v) is 2.94. The number of primary sulfonamides is 1. The number of hydrogen-bond donors (Lipinski definition) is 1. The second-order valence-electron chi connectivity index (χ2n) is 3.29. The molecule has 1 aliphatic rings. The number of aliphatic imine (C=N–C) groups is 1. The predicted molar refractivity (Wildman–Crippen MR) is 64.1 cm³/mol. The van der Waals surface area contributed by atoms with Gasteiger partial charge in [0.25, 0.3) is 0 Å². The standard InChI is InChI=1S/C8H13N3O3S2/c1-6(12)10-8-11(2)5-3-4-7(15-8)16(9,13)14/h4H,3,5H2,1-2H3,(H2,9,13,14)/b10-8+. The van der Waals surface area contributed by atoms with Crippen LogP contribution in [0.4, 0.5) is 0 Å². The third-order valence-electron chi connectivity index (χ3n) is 1.83. The van der Waals surface area contributed by atoms with E-state index in [1.54, 1.807) is 18.0 Å². The molecule has 0 bridgehead atoms. The van der Waals surface area contributed by atoms with Crippen molar-refractivity contribution < 1.29 is 13.2 Å². The Morgan fingerprint density at radius 2 is 2.25 bits per heavy atom. The number of rotatable bonds is 1. The molecule has 1 heterocycles. The van der Waals surface area contributed by atoms with Crippen molar-refractivity contribution in [3.8, 4) is 0 Å². The largest absolute Gasteiger partial charge is 0.354 e. The van der Waals surface area contributed by atoms with Crippen LogP contribution in [0.3, 0.4) is 0 Å². The van der Waals surface area contributed by atoms with Gasteiger partial charge in [-0.05, 0) is 18.2 Å². The zero-order valence-electron chi connectivity index (χ0n) is 9.00. The summed E-state index contributed by atoms with van der Waals surface area (Å²) in [4.78, 5) is 16.4. The van der Waals surface area contributed by atoms with Gasteiger partial charge in [0.2, 0.25) is 15.9 Å². The SMILES string of the molecule is CC(=O)/N=C1/SC(S(N)(=O)=O)=CCCN1C. The monoisotopic (exact) mass is 263 g/mol. The first-order valence-electron chi connectivity index (χ1n) is 4.52. The van der Waals surface area contributed by atoms with Gasteiger partial charge in [0.05, 0.1) is 0 Å². The van der Waals surface area contributed by atoms with Gasteiger partial charge in [0.15, 0.2) is 5.17 Å². The van der Waals surface area contributed by atoms with E-state index in [1.165, 1.54) is 6.92 Å². The van der Waals surface area contributed by atoms with Crippen LogP contribution >= 0.6 is 11.8 Å². The van der Waals surface area contributed by atoms with Crippen LogP contribution in [0.15, 0.2) is 15.3 Å². The Kier molecular flexibility index (Phi) is 4.11. The highest BCUT2D eigenvalue weighted by atomic mass is 32.3. The van der Waals surface area contributed by atoms with Crippen molar-refractivity contribution in [3.63, 3.8) is 0 Å². The van der Waals surface area contributed by atoms with Crippen LogP contribution in [0.25, 0.3) is 0 Å². The maximum atomic E-state index is 11.2. The van der Waals surface area contributed by atoms with Crippen molar-refractivity contribution in [2.75, 3.05) is 13.6 Å². The molecule has 16 heavy (non-hydrogen) atoms. The molecular weight excluding hydrogens is 250 g/mol. The fourth-order valence-electron chi connectivity index (χ4n) is 1.10. The van der Waals surface area contributed by atoms with Gasteiger partial charge < -0.3 is 4.90 Å². The van der Waals surface area contributed by atoms with Gasteiger partial charge in [-0.2, -0.15) is 4.99 Å². The fraction of sp³-hybridized carbons (Fsp3) is 0.500. The maximum absolute atomic E-state index is 11.2. The van der Waals surface area contributed by atoms with E-state index in [-0.39, 0.29) is 10.1 Å². The molecule has 0 spiro atoms. The smallest absolute Gasteiger partial charge is 0.244 e. The summed E-state index contributed by atoms with van der Waals surface area (Å²) in [7, 11) is -1.99. The number of thioether (sulfide) groups is 1. The highest BCUT2D eigenvalue weighted by molar-refractivity contribution is 8.26. The van der Waals surface area contributed by atoms with Crippen LogP contribution < -0.4 is 5.14 Å². The molecule has 90 valence electrons. The number of carbonyl (C=O) groups is 1. The van der Waals surface area contributed by atoms with E-state index < -0.39 is 10.0 Å². The molecule has 0 unspecified atom stereocenters. The number of nitrogens with zero attached hydrogens (tertiary/aromatic N) is 2. The summed E-state index contributed by atoms with van der Waals surface area (Å²) in [5, 5.41) is 5.39. The summed E-state index contributed by atoms with van der Waals surface area (Å²) in [5.41, 5.74) is 0. The Morgan fingerprint density at radius 3 is 2.75 bits per heavy atom. The van der Waals surface area contributed by atoms with E-state index >= 15 is 0 Å². The van der Waals surface area contributed by atoms with Crippen LogP contribution in [0.5, 0.6) is 0 Å². The molecule has 1 aliphatic heterocycles. The lowest BCUT2D eigenvalue weighted by Crippen LogP contribution is -2.25. The molecule has 0 radical (unpaired) electrons. The molecule has 0 aromatic heterocycles. The average molecular weight is 263 g/mol. The highest BCUT2D eigenvalue weighted by Crippen LogP contribution is 2.26. The molecular formula is C8H13N3O3S2. The van der Waals surface area contributed by atoms with Crippen molar-refractivity contribution in [1.82, 2.24) is 4.90 Å². The average Bonchev–Trinajstić information content (AvgIpc) is 2.27. The molecule has 0 atom stereocenters. The first kappa shape index (κ1) is 13.2. The zero-order valence-corrected chi connectivity index (χ0v) is 10.6. The minimum atomic E-state index is -3.74. The zero-order chi connectivity index (χ0) is 12.3. The van der Waals surface area contributed by atoms with E-state index in [9.17, 15) is 13.2 Å². The van der Waals surface area contributed by atoms with Crippen molar-refractivity contribution in [3.05, 3.63) is 10.3 Å². The minimum Gasteiger partial charge on any atom is -0.354 e. The highest BCUT2D eigenvalue weighted by Gasteiger charge is 2.21. The molecule has 2 N–H and O–H groups in total. The Bertz CT molecular complexity index is 453. The number of carbonyl (C=O) groups excluding carboxylic acids is 1. The Labute approximate surface area is 98.6 Å². The van der Waals surface area contributed by atoms with Gasteiger partial charge in [-0.25, -0.2) is 13.6 Å². The van der Waals surface area contributed by atoms with Crippen LogP contribution in [0, 0.1) is 0 Å². The van der Waals surface area contributed by atoms with Gasteiger partial charge in [0.1, 0.15) is 4.24 Å². The van der Waals surface area contributed by atoms with Crippen molar-refractivity contribution in [2.45, 2.75) is 13.3 Å². The Hall–Kier alpha value is -0.860. The van der Waals surface area contributed by atoms with E-state index in [0.29, 0.717) is 18.1 Å². The second kappa shape index (κ2) is 4.98. The first-order valence-corrected chi connectivity index (χ1v) is 6.88. The molecule has 0 aliphatic carbocycles. The summed E-state index contributed by atoms with van der Waals surface area (Å²) < 4.78 is 22.5. The summed E-state index contributed by atoms with van der Waals surface area (Å²) in [6, 6.07) is 0. The molecule has 1 rings (SSSR count). The molecule has 0 fully saturated rings. The molecule has 0 saturated carbocycles. The summed E-state index contributed by atoms with van der Waals surface area (Å²) >= 11 is 0.899. The number of sulfonamides is 1. The summed E-state index contributed by atoms with van der Waals surface area (Å²) in [5.74, 6) is -0.370. The van der Waals surface area contributed by atoms with Gasteiger partial charge in [-0.1, -0.05) is 6.08 Å². The number of hydrogen-bond acceptors (Lipinski definition) is 4. The summed E-state index contributed by atoms with van der Waals surface area (Å²) in [6.45, 7) is 1.91. The van der Waals surface area contributed by atoms with E-state index in [1.807, 2.05) is 0 Å². The third-order valence-corrected chi connectivity index (χ3v) is 4.46. The van der Waals surface area contributed by atoms with Crippen LogP contribution in [0.2, 0.25) is 0 Å². The molecule has 0 saturated heterocycles. The van der Waals surface area contributed by atoms with E-state index in [0.717, 1.165) is 11.8 Å². The Balaban J connectivity index is 3.05. The molecule has 0 aromatic carbocycles. The minimum absolute atomic E-state index is 0.0388. The topological polar surface area (TPSA) is 92.8 Å². The molecule has 6 nitrogen and oxygen atoms in total. The lowest BCUT2D eigenvalue weighted by molar-refractivity contribution is -0.115. The van der Waals surface area contributed by atoms with Crippen LogP contribution in [-0.4, -0.2) is 38.0 Å². The maximum Gasteiger partial charge on any atom is 0.244 e. The first-order chi connectivity index (χ1) is 7.30. The van der Waals surface area contributed by atoms with Crippen molar-refractivity contribution >= 4 is 32.9 Å². The lowest BCUT2D eigenvalue weighted by atomic mass is 10.4. The van der Waals surface area contributed by atoms with Gasteiger partial charge in [0, 0.05) is 20.5 Å².